The highest BCUT2D eigenvalue weighted by molar-refractivity contribution is 5.84. The SMILES string of the molecule is COC(=O)Nc1nc2cnn(Cc3ccc(CO)cc3OC)c2c(=O)[nH]1. The van der Waals surface area contributed by atoms with Gasteiger partial charge in [-0.05, 0) is 11.6 Å². The standard InChI is InChI=1S/C16H17N5O5/c1-25-12-5-9(8-22)3-4-10(12)7-21-13-11(6-17-21)18-15(19-14(13)23)20-16(24)26-2/h3-6,22H,7-8H2,1-2H3,(H2,18,19,20,23,24). The number of carbonyl (C=O) groups excluding carboxylic acids is 1. The van der Waals surface area contributed by atoms with Gasteiger partial charge in [-0.15, -0.1) is 0 Å². The molecule has 2 aromatic heterocycles. The Labute approximate surface area is 147 Å². The zero-order chi connectivity index (χ0) is 18.7. The van der Waals surface area contributed by atoms with E-state index in [4.69, 9.17) is 4.74 Å². The smallest absolute Gasteiger partial charge is 0.413 e. The van der Waals surface area contributed by atoms with Crippen LogP contribution in [-0.4, -0.2) is 45.2 Å². The summed E-state index contributed by atoms with van der Waals surface area (Å²) in [4.78, 5) is 30.2. The van der Waals surface area contributed by atoms with Crippen LogP contribution < -0.4 is 15.6 Å². The Morgan fingerprint density at radius 2 is 2.19 bits per heavy atom. The number of fused-ring (bicyclic) bond motifs is 1. The largest absolute Gasteiger partial charge is 0.496 e. The minimum Gasteiger partial charge on any atom is -0.496 e. The molecule has 0 bridgehead atoms. The minimum atomic E-state index is -0.742. The second-order valence-electron chi connectivity index (χ2n) is 5.37. The van der Waals surface area contributed by atoms with Gasteiger partial charge >= 0.3 is 6.09 Å². The molecule has 0 aliphatic rings. The zero-order valence-corrected chi connectivity index (χ0v) is 14.1. The van der Waals surface area contributed by atoms with Gasteiger partial charge in [-0.1, -0.05) is 12.1 Å². The number of hydrogen-bond donors (Lipinski definition) is 3. The molecule has 0 saturated carbocycles. The molecular formula is C16H17N5O5. The molecule has 10 heteroatoms. The molecule has 0 aliphatic heterocycles. The number of carbonyl (C=O) groups is 1. The quantitative estimate of drug-likeness (QED) is 0.615. The van der Waals surface area contributed by atoms with E-state index in [2.05, 4.69) is 25.1 Å². The number of rotatable bonds is 5. The summed E-state index contributed by atoms with van der Waals surface area (Å²) in [6.07, 6.45) is 0.690. The van der Waals surface area contributed by atoms with Crippen molar-refractivity contribution >= 4 is 23.1 Å². The first kappa shape index (κ1) is 17.4. The summed E-state index contributed by atoms with van der Waals surface area (Å²) in [6, 6.07) is 5.29. The molecule has 3 rings (SSSR count). The maximum atomic E-state index is 12.4. The minimum absolute atomic E-state index is 0.0289. The van der Waals surface area contributed by atoms with E-state index in [1.807, 2.05) is 0 Å². The fourth-order valence-electron chi connectivity index (χ4n) is 2.51. The Balaban J connectivity index is 1.97. The van der Waals surface area contributed by atoms with Crippen LogP contribution in [-0.2, 0) is 17.9 Å². The van der Waals surface area contributed by atoms with E-state index >= 15 is 0 Å². The first-order chi connectivity index (χ1) is 12.5. The summed E-state index contributed by atoms with van der Waals surface area (Å²) in [5.41, 5.74) is 1.63. The molecule has 3 aromatic rings. The maximum Gasteiger partial charge on any atom is 0.413 e. The van der Waals surface area contributed by atoms with Gasteiger partial charge in [0.05, 0.1) is 33.6 Å². The predicted molar refractivity (Wildman–Crippen MR) is 92.2 cm³/mol. The number of anilines is 1. The summed E-state index contributed by atoms with van der Waals surface area (Å²) >= 11 is 0. The molecule has 0 aliphatic carbocycles. The first-order valence-electron chi connectivity index (χ1n) is 7.63. The van der Waals surface area contributed by atoms with Crippen LogP contribution in [0.3, 0.4) is 0 Å². The number of nitrogens with zero attached hydrogens (tertiary/aromatic N) is 3. The third kappa shape index (κ3) is 3.35. The molecule has 136 valence electrons. The molecule has 0 spiro atoms. The Kier molecular flexibility index (Phi) is 4.85. The van der Waals surface area contributed by atoms with E-state index < -0.39 is 11.7 Å². The molecule has 0 radical (unpaired) electrons. The predicted octanol–water partition coefficient (Wildman–Crippen LogP) is 0.847. The number of benzene rings is 1. The molecule has 1 amide bonds. The number of aromatic nitrogens is 4. The van der Waals surface area contributed by atoms with Crippen molar-refractivity contribution in [2.45, 2.75) is 13.2 Å². The van der Waals surface area contributed by atoms with Crippen LogP contribution in [0, 0.1) is 0 Å². The van der Waals surface area contributed by atoms with E-state index in [1.54, 1.807) is 18.2 Å². The van der Waals surface area contributed by atoms with Gasteiger partial charge in [0.1, 0.15) is 11.3 Å². The number of aliphatic hydroxyl groups excluding tert-OH is 1. The van der Waals surface area contributed by atoms with Gasteiger partial charge in [0.25, 0.3) is 5.56 Å². The third-order valence-electron chi connectivity index (χ3n) is 3.76. The van der Waals surface area contributed by atoms with Crippen LogP contribution in [0.1, 0.15) is 11.1 Å². The van der Waals surface area contributed by atoms with Crippen LogP contribution in [0.25, 0.3) is 11.0 Å². The van der Waals surface area contributed by atoms with Crippen LogP contribution in [0.4, 0.5) is 10.7 Å². The van der Waals surface area contributed by atoms with Crippen molar-refractivity contribution in [3.63, 3.8) is 0 Å². The number of aromatic amines is 1. The van der Waals surface area contributed by atoms with Gasteiger partial charge in [-0.25, -0.2) is 9.78 Å². The number of hydrogen-bond acceptors (Lipinski definition) is 7. The highest BCUT2D eigenvalue weighted by Gasteiger charge is 2.14. The van der Waals surface area contributed by atoms with Crippen molar-refractivity contribution < 1.29 is 19.4 Å². The Morgan fingerprint density at radius 3 is 2.88 bits per heavy atom. The van der Waals surface area contributed by atoms with E-state index in [0.717, 1.165) is 5.56 Å². The average molecular weight is 359 g/mol. The number of ether oxygens (including phenoxy) is 2. The van der Waals surface area contributed by atoms with Crippen molar-refractivity contribution in [1.29, 1.82) is 0 Å². The van der Waals surface area contributed by atoms with Crippen molar-refractivity contribution in [2.24, 2.45) is 0 Å². The molecule has 26 heavy (non-hydrogen) atoms. The van der Waals surface area contributed by atoms with E-state index in [-0.39, 0.29) is 24.6 Å². The van der Waals surface area contributed by atoms with Crippen molar-refractivity contribution in [3.05, 3.63) is 45.9 Å². The molecule has 1 aromatic carbocycles. The van der Waals surface area contributed by atoms with Crippen molar-refractivity contribution in [2.75, 3.05) is 19.5 Å². The van der Waals surface area contributed by atoms with Gasteiger partial charge < -0.3 is 14.6 Å². The lowest BCUT2D eigenvalue weighted by Crippen LogP contribution is -2.19. The summed E-state index contributed by atoms with van der Waals surface area (Å²) in [5.74, 6) is 0.548. The number of nitrogens with one attached hydrogen (secondary N) is 2. The van der Waals surface area contributed by atoms with Crippen LogP contribution in [0.15, 0.2) is 29.2 Å². The van der Waals surface area contributed by atoms with E-state index in [9.17, 15) is 14.7 Å². The summed E-state index contributed by atoms with van der Waals surface area (Å²) in [6.45, 7) is 0.174. The van der Waals surface area contributed by atoms with E-state index in [1.165, 1.54) is 25.1 Å². The zero-order valence-electron chi connectivity index (χ0n) is 14.1. The lowest BCUT2D eigenvalue weighted by atomic mass is 10.1. The lowest BCUT2D eigenvalue weighted by Gasteiger charge is -2.10. The van der Waals surface area contributed by atoms with Crippen molar-refractivity contribution in [1.82, 2.24) is 19.7 Å². The molecule has 0 atom stereocenters. The molecule has 2 heterocycles. The van der Waals surface area contributed by atoms with E-state index in [0.29, 0.717) is 16.8 Å². The molecule has 0 unspecified atom stereocenters. The normalized spacial score (nSPS) is 10.7. The van der Waals surface area contributed by atoms with Gasteiger partial charge in [0, 0.05) is 5.56 Å². The molecule has 0 fully saturated rings. The van der Waals surface area contributed by atoms with Gasteiger partial charge in [0.2, 0.25) is 5.95 Å². The molecule has 3 N–H and O–H groups in total. The van der Waals surface area contributed by atoms with Crippen molar-refractivity contribution in [3.8, 4) is 5.75 Å². The Hall–Kier alpha value is -3.40. The Morgan fingerprint density at radius 1 is 1.38 bits per heavy atom. The second-order valence-corrected chi connectivity index (χ2v) is 5.37. The highest BCUT2D eigenvalue weighted by atomic mass is 16.5. The van der Waals surface area contributed by atoms with Gasteiger partial charge in [0.15, 0.2) is 5.52 Å². The van der Waals surface area contributed by atoms with Crippen LogP contribution in [0.5, 0.6) is 5.75 Å². The summed E-state index contributed by atoms with van der Waals surface area (Å²) in [5, 5.41) is 15.7. The van der Waals surface area contributed by atoms with Crippen LogP contribution in [0.2, 0.25) is 0 Å². The molecule has 0 saturated heterocycles. The number of H-pyrrole nitrogens is 1. The lowest BCUT2D eigenvalue weighted by molar-refractivity contribution is 0.186. The fourth-order valence-corrected chi connectivity index (χ4v) is 2.51. The fraction of sp³-hybridized carbons (Fsp3) is 0.250. The Bertz CT molecular complexity index is 1010. The highest BCUT2D eigenvalue weighted by Crippen LogP contribution is 2.22. The average Bonchev–Trinajstić information content (AvgIpc) is 3.05. The second kappa shape index (κ2) is 7.23. The number of amides is 1. The van der Waals surface area contributed by atoms with Gasteiger partial charge in [-0.2, -0.15) is 5.10 Å². The third-order valence-corrected chi connectivity index (χ3v) is 3.76. The van der Waals surface area contributed by atoms with Crippen LogP contribution >= 0.6 is 0 Å². The first-order valence-corrected chi connectivity index (χ1v) is 7.63. The number of methoxy groups -OCH3 is 2. The van der Waals surface area contributed by atoms with Gasteiger partial charge in [-0.3, -0.25) is 19.8 Å². The summed E-state index contributed by atoms with van der Waals surface area (Å²) in [7, 11) is 2.74. The topological polar surface area (TPSA) is 131 Å². The summed E-state index contributed by atoms with van der Waals surface area (Å²) < 4.78 is 11.3. The maximum absolute atomic E-state index is 12.4. The monoisotopic (exact) mass is 359 g/mol. The molecule has 10 nitrogen and oxygen atoms in total. The number of aliphatic hydroxyl groups is 1. The molecular weight excluding hydrogens is 342 g/mol.